The number of ether oxygens (including phenoxy) is 1. The van der Waals surface area contributed by atoms with Gasteiger partial charge in [0.1, 0.15) is 0 Å². The summed E-state index contributed by atoms with van der Waals surface area (Å²) in [6, 6.07) is 0. The van der Waals surface area contributed by atoms with Gasteiger partial charge >= 0.3 is 5.97 Å². The number of unbranched alkanes of at least 4 members (excludes halogenated alkanes) is 11. The Morgan fingerprint density at radius 3 is 1.78 bits per heavy atom. The molecule has 0 atom stereocenters. The van der Waals surface area contributed by atoms with E-state index in [1.807, 2.05) is 0 Å². The third kappa shape index (κ3) is 19.4. The van der Waals surface area contributed by atoms with Crippen molar-refractivity contribution in [3.05, 3.63) is 0 Å². The maximum absolute atomic E-state index is 11.6. The lowest BCUT2D eigenvalue weighted by Crippen LogP contribution is -2.14. The number of carbonyl (C=O) groups is 1. The van der Waals surface area contributed by atoms with Gasteiger partial charge in [-0.15, -0.1) is 0 Å². The van der Waals surface area contributed by atoms with E-state index >= 15 is 0 Å². The van der Waals surface area contributed by atoms with Crippen LogP contribution in [-0.4, -0.2) is 38.1 Å². The van der Waals surface area contributed by atoms with Crippen molar-refractivity contribution in [2.75, 3.05) is 27.2 Å². The zero-order valence-corrected chi connectivity index (χ0v) is 16.1. The molecule has 0 saturated heterocycles. The van der Waals surface area contributed by atoms with Gasteiger partial charge in [0.25, 0.3) is 0 Å². The number of rotatable bonds is 17. The summed E-state index contributed by atoms with van der Waals surface area (Å²) in [6.45, 7) is 3.92. The molecule has 0 amide bonds. The topological polar surface area (TPSA) is 29.5 Å². The molecule has 0 aromatic heterocycles. The van der Waals surface area contributed by atoms with Crippen molar-refractivity contribution in [3.63, 3.8) is 0 Å². The molecule has 0 aliphatic heterocycles. The number of hydrogen-bond acceptors (Lipinski definition) is 3. The molecule has 0 aromatic carbocycles. The van der Waals surface area contributed by atoms with Crippen molar-refractivity contribution in [1.82, 2.24) is 4.90 Å². The van der Waals surface area contributed by atoms with Crippen LogP contribution in [0.4, 0.5) is 0 Å². The number of esters is 1. The van der Waals surface area contributed by atoms with Gasteiger partial charge in [-0.25, -0.2) is 0 Å². The van der Waals surface area contributed by atoms with E-state index in [1.165, 1.54) is 64.2 Å². The molecule has 0 bridgehead atoms. The average Bonchev–Trinajstić information content (AvgIpc) is 2.52. The summed E-state index contributed by atoms with van der Waals surface area (Å²) in [5, 5.41) is 0. The molecule has 0 saturated carbocycles. The second kappa shape index (κ2) is 17.8. The van der Waals surface area contributed by atoms with Crippen molar-refractivity contribution in [2.24, 2.45) is 0 Å². The first-order valence-electron chi connectivity index (χ1n) is 9.97. The normalized spacial score (nSPS) is 11.1. The monoisotopic (exact) mass is 327 g/mol. The summed E-state index contributed by atoms with van der Waals surface area (Å²) < 4.78 is 5.26. The number of carbonyl (C=O) groups excluding carboxylic acids is 1. The molecule has 3 heteroatoms. The van der Waals surface area contributed by atoms with Gasteiger partial charge < -0.3 is 9.64 Å². The van der Waals surface area contributed by atoms with E-state index in [9.17, 15) is 4.79 Å². The number of hydrogen-bond donors (Lipinski definition) is 0. The molecule has 0 aromatic rings. The van der Waals surface area contributed by atoms with Crippen LogP contribution in [-0.2, 0) is 9.53 Å². The SMILES string of the molecule is CCCCCCCCCCCCCC(=O)OCCCCN(C)C. The quantitative estimate of drug-likeness (QED) is 0.258. The Hall–Kier alpha value is -0.570. The molecule has 0 unspecified atom stereocenters. The standard InChI is InChI=1S/C20H41NO2/c1-4-5-6-7-8-9-10-11-12-13-14-17-20(22)23-19-16-15-18-21(2)3/h4-19H2,1-3H3. The van der Waals surface area contributed by atoms with Crippen molar-refractivity contribution >= 4 is 5.97 Å². The van der Waals surface area contributed by atoms with Gasteiger partial charge in [-0.05, 0) is 39.9 Å². The smallest absolute Gasteiger partial charge is 0.305 e. The Morgan fingerprint density at radius 1 is 0.739 bits per heavy atom. The lowest BCUT2D eigenvalue weighted by molar-refractivity contribution is -0.143. The fraction of sp³-hybridized carbons (Fsp3) is 0.950. The second-order valence-corrected chi connectivity index (χ2v) is 7.02. The van der Waals surface area contributed by atoms with E-state index in [-0.39, 0.29) is 5.97 Å². The molecule has 0 aliphatic rings. The molecule has 138 valence electrons. The van der Waals surface area contributed by atoms with Crippen LogP contribution in [0.15, 0.2) is 0 Å². The van der Waals surface area contributed by atoms with Crippen LogP contribution < -0.4 is 0 Å². The molecule has 0 heterocycles. The van der Waals surface area contributed by atoms with E-state index in [0.29, 0.717) is 13.0 Å². The van der Waals surface area contributed by atoms with Crippen molar-refractivity contribution in [1.29, 1.82) is 0 Å². The molecule has 0 radical (unpaired) electrons. The van der Waals surface area contributed by atoms with Crippen LogP contribution in [0.1, 0.15) is 96.8 Å². The van der Waals surface area contributed by atoms with E-state index in [2.05, 4.69) is 25.9 Å². The first-order chi connectivity index (χ1) is 11.2. The predicted molar refractivity (Wildman–Crippen MR) is 99.8 cm³/mol. The van der Waals surface area contributed by atoms with Crippen molar-refractivity contribution < 1.29 is 9.53 Å². The fourth-order valence-electron chi connectivity index (χ4n) is 2.72. The zero-order valence-electron chi connectivity index (χ0n) is 16.1. The highest BCUT2D eigenvalue weighted by Gasteiger charge is 2.02. The molecular formula is C20H41NO2. The molecule has 0 fully saturated rings. The molecular weight excluding hydrogens is 286 g/mol. The predicted octanol–water partition coefficient (Wildman–Crippen LogP) is 5.57. The van der Waals surface area contributed by atoms with Gasteiger partial charge in [-0.2, -0.15) is 0 Å². The first kappa shape index (κ1) is 22.4. The van der Waals surface area contributed by atoms with E-state index in [4.69, 9.17) is 4.74 Å². The van der Waals surface area contributed by atoms with Crippen molar-refractivity contribution in [3.8, 4) is 0 Å². The summed E-state index contributed by atoms with van der Waals surface area (Å²) in [5.41, 5.74) is 0. The highest BCUT2D eigenvalue weighted by Crippen LogP contribution is 2.12. The molecule has 0 aliphatic carbocycles. The molecule has 0 N–H and O–H groups in total. The van der Waals surface area contributed by atoms with Crippen LogP contribution in [0.3, 0.4) is 0 Å². The van der Waals surface area contributed by atoms with Gasteiger partial charge in [0.2, 0.25) is 0 Å². The van der Waals surface area contributed by atoms with Gasteiger partial charge in [0.05, 0.1) is 6.61 Å². The third-order valence-corrected chi connectivity index (χ3v) is 4.25. The molecule has 3 nitrogen and oxygen atoms in total. The molecule has 23 heavy (non-hydrogen) atoms. The van der Waals surface area contributed by atoms with Gasteiger partial charge in [0, 0.05) is 6.42 Å². The van der Waals surface area contributed by atoms with E-state index in [0.717, 1.165) is 25.8 Å². The molecule has 0 spiro atoms. The summed E-state index contributed by atoms with van der Waals surface area (Å²) >= 11 is 0. The van der Waals surface area contributed by atoms with Crippen molar-refractivity contribution in [2.45, 2.75) is 96.8 Å². The van der Waals surface area contributed by atoms with Gasteiger partial charge in [-0.1, -0.05) is 71.1 Å². The fourth-order valence-corrected chi connectivity index (χ4v) is 2.72. The second-order valence-electron chi connectivity index (χ2n) is 7.02. The minimum absolute atomic E-state index is 0.00854. The summed E-state index contributed by atoms with van der Waals surface area (Å²) in [5.74, 6) is -0.00854. The highest BCUT2D eigenvalue weighted by atomic mass is 16.5. The van der Waals surface area contributed by atoms with Crippen LogP contribution in [0.5, 0.6) is 0 Å². The minimum atomic E-state index is -0.00854. The Balaban J connectivity index is 3.14. The maximum atomic E-state index is 11.6. The summed E-state index contributed by atoms with van der Waals surface area (Å²) in [7, 11) is 4.14. The summed E-state index contributed by atoms with van der Waals surface area (Å²) in [6.07, 6.45) is 17.1. The number of nitrogens with zero attached hydrogens (tertiary/aromatic N) is 1. The lowest BCUT2D eigenvalue weighted by Gasteiger charge is -2.09. The highest BCUT2D eigenvalue weighted by molar-refractivity contribution is 5.69. The van der Waals surface area contributed by atoms with Gasteiger partial charge in [-0.3, -0.25) is 4.79 Å². The average molecular weight is 328 g/mol. The Morgan fingerprint density at radius 2 is 1.26 bits per heavy atom. The van der Waals surface area contributed by atoms with E-state index < -0.39 is 0 Å². The zero-order chi connectivity index (χ0) is 17.2. The molecule has 0 rings (SSSR count). The van der Waals surface area contributed by atoms with E-state index in [1.54, 1.807) is 0 Å². The Kier molecular flexibility index (Phi) is 17.3. The summed E-state index contributed by atoms with van der Waals surface area (Å²) in [4.78, 5) is 13.7. The first-order valence-corrected chi connectivity index (χ1v) is 9.97. The van der Waals surface area contributed by atoms with Crippen LogP contribution in [0.2, 0.25) is 0 Å². The minimum Gasteiger partial charge on any atom is -0.466 e. The largest absolute Gasteiger partial charge is 0.466 e. The van der Waals surface area contributed by atoms with Crippen LogP contribution >= 0.6 is 0 Å². The lowest BCUT2D eigenvalue weighted by atomic mass is 10.1. The Bertz CT molecular complexity index is 254. The third-order valence-electron chi connectivity index (χ3n) is 4.25. The maximum Gasteiger partial charge on any atom is 0.305 e. The Labute approximate surface area is 145 Å². The van der Waals surface area contributed by atoms with Gasteiger partial charge in [0.15, 0.2) is 0 Å². The van der Waals surface area contributed by atoms with Crippen LogP contribution in [0.25, 0.3) is 0 Å². The van der Waals surface area contributed by atoms with Crippen LogP contribution in [0, 0.1) is 0 Å².